The van der Waals surface area contributed by atoms with Crippen LogP contribution in [0.3, 0.4) is 0 Å². The summed E-state index contributed by atoms with van der Waals surface area (Å²) in [4.78, 5) is 19.3. The summed E-state index contributed by atoms with van der Waals surface area (Å²) < 4.78 is 0. The quantitative estimate of drug-likeness (QED) is 0.849. The van der Waals surface area contributed by atoms with Crippen LogP contribution >= 0.6 is 0 Å². The van der Waals surface area contributed by atoms with E-state index in [1.807, 2.05) is 19.9 Å². The van der Waals surface area contributed by atoms with Gasteiger partial charge in [-0.15, -0.1) is 0 Å². The van der Waals surface area contributed by atoms with E-state index >= 15 is 0 Å². The van der Waals surface area contributed by atoms with E-state index in [0.29, 0.717) is 11.7 Å². The standard InChI is InChI=1S/C12H18N2O2/c1-8(2)9-5-6-13-11(14-9)12(3,4)7-10(15)16/h5-6,8H,7H2,1-4H3,(H,15,16). The molecule has 0 atom stereocenters. The minimum absolute atomic E-state index is 0.0363. The van der Waals surface area contributed by atoms with Gasteiger partial charge in [0.2, 0.25) is 0 Å². The summed E-state index contributed by atoms with van der Waals surface area (Å²) in [6.07, 6.45) is 1.73. The Morgan fingerprint density at radius 2 is 2.12 bits per heavy atom. The predicted octanol–water partition coefficient (Wildman–Crippen LogP) is 2.35. The molecule has 0 fully saturated rings. The minimum atomic E-state index is -0.830. The zero-order valence-corrected chi connectivity index (χ0v) is 10.2. The van der Waals surface area contributed by atoms with Gasteiger partial charge >= 0.3 is 5.97 Å². The largest absolute Gasteiger partial charge is 0.481 e. The molecule has 4 nitrogen and oxygen atoms in total. The maximum absolute atomic E-state index is 10.8. The summed E-state index contributed by atoms with van der Waals surface area (Å²) in [5, 5.41) is 8.83. The van der Waals surface area contributed by atoms with Crippen molar-refractivity contribution in [3.05, 3.63) is 23.8 Å². The summed E-state index contributed by atoms with van der Waals surface area (Å²) in [5.41, 5.74) is 0.417. The van der Waals surface area contributed by atoms with Gasteiger partial charge in [0.05, 0.1) is 6.42 Å². The van der Waals surface area contributed by atoms with Gasteiger partial charge in [-0.2, -0.15) is 0 Å². The minimum Gasteiger partial charge on any atom is -0.481 e. The zero-order valence-electron chi connectivity index (χ0n) is 10.2. The first-order chi connectivity index (χ1) is 7.33. The first-order valence-corrected chi connectivity index (χ1v) is 5.38. The zero-order chi connectivity index (χ0) is 12.3. The van der Waals surface area contributed by atoms with Gasteiger partial charge in [-0.05, 0) is 12.0 Å². The van der Waals surface area contributed by atoms with E-state index in [4.69, 9.17) is 5.11 Å². The number of nitrogens with zero attached hydrogens (tertiary/aromatic N) is 2. The third-order valence-corrected chi connectivity index (χ3v) is 2.47. The lowest BCUT2D eigenvalue weighted by molar-refractivity contribution is -0.138. The molecule has 16 heavy (non-hydrogen) atoms. The maximum Gasteiger partial charge on any atom is 0.304 e. The monoisotopic (exact) mass is 222 g/mol. The molecule has 0 spiro atoms. The molecule has 0 aromatic carbocycles. The fourth-order valence-corrected chi connectivity index (χ4v) is 1.48. The fourth-order valence-electron chi connectivity index (χ4n) is 1.48. The van der Waals surface area contributed by atoms with Crippen molar-refractivity contribution in [1.29, 1.82) is 0 Å². The van der Waals surface area contributed by atoms with Gasteiger partial charge < -0.3 is 5.11 Å². The Kier molecular flexibility index (Phi) is 3.62. The van der Waals surface area contributed by atoms with Crippen LogP contribution < -0.4 is 0 Å². The van der Waals surface area contributed by atoms with Gasteiger partial charge in [-0.1, -0.05) is 27.7 Å². The van der Waals surface area contributed by atoms with Crippen LogP contribution in [0.25, 0.3) is 0 Å². The average molecular weight is 222 g/mol. The van der Waals surface area contributed by atoms with Crippen LogP contribution in [0.2, 0.25) is 0 Å². The number of carboxylic acid groups (broad SMARTS) is 1. The Morgan fingerprint density at radius 3 is 2.62 bits per heavy atom. The van der Waals surface area contributed by atoms with Gasteiger partial charge in [0.1, 0.15) is 5.82 Å². The van der Waals surface area contributed by atoms with Crippen molar-refractivity contribution in [3.63, 3.8) is 0 Å². The normalized spacial score (nSPS) is 11.8. The van der Waals surface area contributed by atoms with Gasteiger partial charge in [0.15, 0.2) is 0 Å². The van der Waals surface area contributed by atoms with Crippen LogP contribution in [-0.4, -0.2) is 21.0 Å². The van der Waals surface area contributed by atoms with E-state index < -0.39 is 11.4 Å². The van der Waals surface area contributed by atoms with Crippen LogP contribution in [-0.2, 0) is 10.2 Å². The van der Waals surface area contributed by atoms with Crippen LogP contribution in [0, 0.1) is 0 Å². The molecule has 4 heteroatoms. The highest BCUT2D eigenvalue weighted by Gasteiger charge is 2.27. The van der Waals surface area contributed by atoms with Crippen molar-refractivity contribution in [2.24, 2.45) is 0 Å². The predicted molar refractivity (Wildman–Crippen MR) is 61.4 cm³/mol. The molecule has 0 bridgehead atoms. The highest BCUT2D eigenvalue weighted by atomic mass is 16.4. The van der Waals surface area contributed by atoms with E-state index in [1.165, 1.54) is 0 Å². The molecule has 0 saturated heterocycles. The van der Waals surface area contributed by atoms with Crippen molar-refractivity contribution in [2.75, 3.05) is 0 Å². The van der Waals surface area contributed by atoms with Gasteiger partial charge in [-0.25, -0.2) is 9.97 Å². The molecule has 1 heterocycles. The molecular formula is C12H18N2O2. The molecule has 0 aliphatic heterocycles. The van der Waals surface area contributed by atoms with E-state index in [2.05, 4.69) is 23.8 Å². The molecule has 0 aliphatic rings. The maximum atomic E-state index is 10.8. The van der Waals surface area contributed by atoms with E-state index in [1.54, 1.807) is 6.20 Å². The second-order valence-electron chi connectivity index (χ2n) is 4.91. The number of carboxylic acids is 1. The third-order valence-electron chi connectivity index (χ3n) is 2.47. The summed E-state index contributed by atoms with van der Waals surface area (Å²) in [5.74, 6) is 0.0898. The molecular weight excluding hydrogens is 204 g/mol. The molecule has 1 aromatic rings. The lowest BCUT2D eigenvalue weighted by atomic mass is 9.88. The first kappa shape index (κ1) is 12.6. The number of carbonyl (C=O) groups is 1. The topological polar surface area (TPSA) is 63.1 Å². The van der Waals surface area contributed by atoms with Gasteiger partial charge in [-0.3, -0.25) is 4.79 Å². The number of aliphatic carboxylic acids is 1. The molecule has 1 aromatic heterocycles. The van der Waals surface area contributed by atoms with Crippen molar-refractivity contribution in [2.45, 2.75) is 45.4 Å². The lowest BCUT2D eigenvalue weighted by Crippen LogP contribution is -2.25. The van der Waals surface area contributed by atoms with Gasteiger partial charge in [0, 0.05) is 17.3 Å². The molecule has 0 unspecified atom stereocenters. The van der Waals surface area contributed by atoms with Crippen molar-refractivity contribution < 1.29 is 9.90 Å². The highest BCUT2D eigenvalue weighted by Crippen LogP contribution is 2.24. The summed E-state index contributed by atoms with van der Waals surface area (Å²) in [7, 11) is 0. The number of aromatic nitrogens is 2. The van der Waals surface area contributed by atoms with E-state index in [-0.39, 0.29) is 6.42 Å². The Labute approximate surface area is 95.7 Å². The molecule has 88 valence electrons. The summed E-state index contributed by atoms with van der Waals surface area (Å²) >= 11 is 0. The number of hydrogen-bond acceptors (Lipinski definition) is 3. The average Bonchev–Trinajstić information content (AvgIpc) is 2.16. The molecule has 0 amide bonds. The van der Waals surface area contributed by atoms with Crippen LogP contribution in [0.5, 0.6) is 0 Å². The highest BCUT2D eigenvalue weighted by molar-refractivity contribution is 5.68. The Morgan fingerprint density at radius 1 is 1.50 bits per heavy atom. The van der Waals surface area contributed by atoms with Crippen molar-refractivity contribution in [1.82, 2.24) is 9.97 Å². The van der Waals surface area contributed by atoms with E-state index in [0.717, 1.165) is 5.69 Å². The smallest absolute Gasteiger partial charge is 0.304 e. The van der Waals surface area contributed by atoms with E-state index in [9.17, 15) is 4.79 Å². The molecule has 0 radical (unpaired) electrons. The molecule has 1 rings (SSSR count). The summed E-state index contributed by atoms with van der Waals surface area (Å²) in [6.45, 7) is 7.80. The second kappa shape index (κ2) is 4.60. The number of rotatable bonds is 4. The molecule has 1 N–H and O–H groups in total. The third kappa shape index (κ3) is 3.02. The fraction of sp³-hybridized carbons (Fsp3) is 0.583. The van der Waals surface area contributed by atoms with Crippen molar-refractivity contribution >= 4 is 5.97 Å². The van der Waals surface area contributed by atoms with Crippen LogP contribution in [0.1, 0.15) is 51.6 Å². The Balaban J connectivity index is 3.03. The Bertz CT molecular complexity index is 386. The molecule has 0 aliphatic carbocycles. The van der Waals surface area contributed by atoms with Crippen LogP contribution in [0.15, 0.2) is 12.3 Å². The SMILES string of the molecule is CC(C)c1ccnc(C(C)(C)CC(=O)O)n1. The lowest BCUT2D eigenvalue weighted by Gasteiger charge is -2.21. The molecule has 0 saturated carbocycles. The van der Waals surface area contributed by atoms with Gasteiger partial charge in [0.25, 0.3) is 0 Å². The van der Waals surface area contributed by atoms with Crippen LogP contribution in [0.4, 0.5) is 0 Å². The van der Waals surface area contributed by atoms with Crippen molar-refractivity contribution in [3.8, 4) is 0 Å². The Hall–Kier alpha value is -1.45. The second-order valence-corrected chi connectivity index (χ2v) is 4.91. The number of hydrogen-bond donors (Lipinski definition) is 1. The first-order valence-electron chi connectivity index (χ1n) is 5.38. The summed E-state index contributed by atoms with van der Waals surface area (Å²) in [6, 6.07) is 1.87.